The van der Waals surface area contributed by atoms with Gasteiger partial charge in [0.2, 0.25) is 0 Å². The lowest BCUT2D eigenvalue weighted by molar-refractivity contribution is 0.0768. The van der Waals surface area contributed by atoms with Crippen molar-refractivity contribution < 1.29 is 11.6 Å². The van der Waals surface area contributed by atoms with Gasteiger partial charge in [0.05, 0.1) is 0 Å². The molecule has 1 aromatic heterocycles. The van der Waals surface area contributed by atoms with E-state index in [1.165, 1.54) is 30.5 Å². The van der Waals surface area contributed by atoms with Crippen molar-refractivity contribution >= 4 is 17.3 Å². The highest BCUT2D eigenvalue weighted by Gasteiger charge is 2.34. The van der Waals surface area contributed by atoms with E-state index in [-0.39, 0.29) is 14.4 Å². The predicted molar refractivity (Wildman–Crippen MR) is 90.5 cm³/mol. The van der Waals surface area contributed by atoms with Gasteiger partial charge < -0.3 is 28.0 Å². The van der Waals surface area contributed by atoms with E-state index < -0.39 is 18.2 Å². The number of amidine groups is 1. The van der Waals surface area contributed by atoms with Gasteiger partial charge in [0, 0.05) is 33.3 Å². The number of rotatable bonds is 5. The molecular formula is C14H22F2N6O. The SMILES string of the molecule is N.N/N=C(\N)C(F)(F)Cc1cccc(Nc2cc(=O)cc[nH]2)c1.[HH].[HH]. The fraction of sp³-hybridized carbons (Fsp3) is 0.143. The molecule has 0 aliphatic heterocycles. The summed E-state index contributed by atoms with van der Waals surface area (Å²) in [6.45, 7) is 0. The zero-order valence-electron chi connectivity index (χ0n) is 12.2. The van der Waals surface area contributed by atoms with Gasteiger partial charge in [0.1, 0.15) is 5.82 Å². The van der Waals surface area contributed by atoms with Crippen molar-refractivity contribution in [2.24, 2.45) is 16.7 Å². The Morgan fingerprint density at radius 1 is 1.35 bits per heavy atom. The van der Waals surface area contributed by atoms with Gasteiger partial charge in [-0.3, -0.25) is 4.79 Å². The Hall–Kier alpha value is -2.94. The third-order valence-corrected chi connectivity index (χ3v) is 2.92. The first-order chi connectivity index (χ1) is 10.4. The van der Waals surface area contributed by atoms with Crippen molar-refractivity contribution in [3.05, 3.63) is 58.4 Å². The maximum Gasteiger partial charge on any atom is 0.309 e. The lowest BCUT2D eigenvalue weighted by Crippen LogP contribution is -2.38. The van der Waals surface area contributed by atoms with Gasteiger partial charge in [-0.25, -0.2) is 0 Å². The van der Waals surface area contributed by atoms with Crippen molar-refractivity contribution in [2.75, 3.05) is 5.32 Å². The molecule has 0 atom stereocenters. The number of nitrogens with one attached hydrogen (secondary N) is 2. The van der Waals surface area contributed by atoms with Crippen LogP contribution < -0.4 is 28.5 Å². The van der Waals surface area contributed by atoms with Gasteiger partial charge in [-0.05, 0) is 17.7 Å². The van der Waals surface area contributed by atoms with Gasteiger partial charge in [-0.2, -0.15) is 13.9 Å². The first-order valence-electron chi connectivity index (χ1n) is 6.37. The molecule has 1 aromatic carbocycles. The number of nitrogens with two attached hydrogens (primary N) is 2. The van der Waals surface area contributed by atoms with Crippen LogP contribution in [-0.4, -0.2) is 16.7 Å². The molecule has 0 radical (unpaired) electrons. The summed E-state index contributed by atoms with van der Waals surface area (Å²) < 4.78 is 27.4. The second-order valence-corrected chi connectivity index (χ2v) is 4.66. The molecule has 0 unspecified atom stereocenters. The van der Waals surface area contributed by atoms with Crippen LogP contribution in [0.25, 0.3) is 0 Å². The molecule has 0 aliphatic rings. The topological polar surface area (TPSA) is 144 Å². The fourth-order valence-corrected chi connectivity index (χ4v) is 1.87. The van der Waals surface area contributed by atoms with E-state index >= 15 is 0 Å². The van der Waals surface area contributed by atoms with Crippen molar-refractivity contribution in [1.82, 2.24) is 11.1 Å². The number of hydrogen-bond acceptors (Lipinski definition) is 5. The summed E-state index contributed by atoms with van der Waals surface area (Å²) in [5.41, 5.74) is 5.83. The maximum absolute atomic E-state index is 13.7. The summed E-state index contributed by atoms with van der Waals surface area (Å²) in [5.74, 6) is 1.01. The van der Waals surface area contributed by atoms with Gasteiger partial charge in [-0.1, -0.05) is 12.1 Å². The lowest BCUT2D eigenvalue weighted by Gasteiger charge is -2.15. The van der Waals surface area contributed by atoms with Gasteiger partial charge >= 0.3 is 5.92 Å². The van der Waals surface area contributed by atoms with Crippen LogP contribution in [0.15, 0.2) is 52.5 Å². The number of aromatic nitrogens is 1. The molecule has 0 bridgehead atoms. The number of nitrogens with zero attached hydrogens (tertiary/aromatic N) is 1. The van der Waals surface area contributed by atoms with Crippen LogP contribution in [0.5, 0.6) is 0 Å². The monoisotopic (exact) mass is 328 g/mol. The van der Waals surface area contributed by atoms with Crippen LogP contribution in [0.2, 0.25) is 0 Å². The molecule has 0 saturated heterocycles. The number of hydrazone groups is 1. The number of halogens is 2. The van der Waals surface area contributed by atoms with Crippen LogP contribution in [0.3, 0.4) is 0 Å². The summed E-state index contributed by atoms with van der Waals surface area (Å²) in [6, 6.07) is 9.11. The molecule has 2 aromatic rings. The first-order valence-corrected chi connectivity index (χ1v) is 6.37. The molecule has 0 saturated carbocycles. The van der Waals surface area contributed by atoms with E-state index in [4.69, 9.17) is 11.6 Å². The van der Waals surface area contributed by atoms with E-state index in [1.807, 2.05) is 0 Å². The zero-order chi connectivity index (χ0) is 16.2. The maximum atomic E-state index is 13.7. The Morgan fingerprint density at radius 2 is 2.09 bits per heavy atom. The molecule has 0 aliphatic carbocycles. The Balaban J connectivity index is 0. The molecule has 1 heterocycles. The van der Waals surface area contributed by atoms with E-state index in [1.54, 1.807) is 12.1 Å². The normalized spacial score (nSPS) is 11.7. The zero-order valence-corrected chi connectivity index (χ0v) is 12.2. The number of anilines is 2. The molecule has 128 valence electrons. The average Bonchev–Trinajstić information content (AvgIpc) is 2.46. The summed E-state index contributed by atoms with van der Waals surface area (Å²) in [5, 5.41) is 5.77. The third-order valence-electron chi connectivity index (χ3n) is 2.92. The van der Waals surface area contributed by atoms with E-state index in [2.05, 4.69) is 15.4 Å². The molecule has 9 heteroatoms. The summed E-state index contributed by atoms with van der Waals surface area (Å²) >= 11 is 0. The highest BCUT2D eigenvalue weighted by Crippen LogP contribution is 2.23. The van der Waals surface area contributed by atoms with E-state index in [9.17, 15) is 13.6 Å². The highest BCUT2D eigenvalue weighted by molar-refractivity contribution is 5.87. The third kappa shape index (κ3) is 4.78. The minimum Gasteiger partial charge on any atom is -0.381 e. The Kier molecular flexibility index (Phi) is 5.80. The predicted octanol–water partition coefficient (Wildman–Crippen LogP) is 2.18. The van der Waals surface area contributed by atoms with Gasteiger partial charge in [-0.15, -0.1) is 0 Å². The van der Waals surface area contributed by atoms with Crippen molar-refractivity contribution in [1.29, 1.82) is 0 Å². The van der Waals surface area contributed by atoms with E-state index in [0.29, 0.717) is 17.1 Å². The Bertz CT molecular complexity index is 754. The second kappa shape index (κ2) is 7.36. The summed E-state index contributed by atoms with van der Waals surface area (Å²) in [6.07, 6.45) is 0.863. The van der Waals surface area contributed by atoms with E-state index in [0.717, 1.165) is 0 Å². The number of benzene rings is 1. The number of H-pyrrole nitrogens is 1. The quantitative estimate of drug-likeness (QED) is 0.247. The molecule has 7 nitrogen and oxygen atoms in total. The number of alkyl halides is 2. The summed E-state index contributed by atoms with van der Waals surface area (Å²) in [7, 11) is 0. The standard InChI is InChI=1S/C14H15F2N5O.H3N.2H2/c15-14(16,13(17)21-18)8-9-2-1-3-10(6-9)20-12-7-11(22)4-5-19-12;;;/h1-7H,8,18H2,(H2,17,21)(H2,19,20,22);1H3;2*1H. The first kappa shape index (κ1) is 18.1. The van der Waals surface area contributed by atoms with Crippen LogP contribution in [0, 0.1) is 0 Å². The van der Waals surface area contributed by atoms with Crippen LogP contribution in [0.4, 0.5) is 20.3 Å². The number of aromatic amines is 1. The summed E-state index contributed by atoms with van der Waals surface area (Å²) in [4.78, 5) is 14.1. The van der Waals surface area contributed by atoms with Crippen LogP contribution in [0.1, 0.15) is 8.42 Å². The van der Waals surface area contributed by atoms with Crippen molar-refractivity contribution in [3.8, 4) is 0 Å². The largest absolute Gasteiger partial charge is 0.381 e. The molecule has 23 heavy (non-hydrogen) atoms. The van der Waals surface area contributed by atoms with Crippen molar-refractivity contribution in [2.45, 2.75) is 12.3 Å². The van der Waals surface area contributed by atoms with Crippen LogP contribution in [-0.2, 0) is 6.42 Å². The lowest BCUT2D eigenvalue weighted by atomic mass is 10.1. The molecule has 9 N–H and O–H groups in total. The average molecular weight is 328 g/mol. The molecule has 0 spiro atoms. The molecular weight excluding hydrogens is 306 g/mol. The number of pyridine rings is 1. The Morgan fingerprint density at radius 3 is 2.74 bits per heavy atom. The highest BCUT2D eigenvalue weighted by atomic mass is 19.3. The molecule has 2 rings (SSSR count). The minimum absolute atomic E-state index is 0. The minimum atomic E-state index is -3.32. The van der Waals surface area contributed by atoms with Crippen molar-refractivity contribution in [3.63, 3.8) is 0 Å². The van der Waals surface area contributed by atoms with Crippen LogP contribution >= 0.6 is 0 Å². The fourth-order valence-electron chi connectivity index (χ4n) is 1.87. The van der Waals surface area contributed by atoms with Gasteiger partial charge in [0.25, 0.3) is 0 Å². The Labute approximate surface area is 133 Å². The molecule has 0 amide bonds. The molecule has 0 fully saturated rings. The smallest absolute Gasteiger partial charge is 0.309 e. The number of hydrogen-bond donors (Lipinski definition) is 5. The van der Waals surface area contributed by atoms with Gasteiger partial charge in [0.15, 0.2) is 11.3 Å². The second-order valence-electron chi connectivity index (χ2n) is 4.66.